The first-order valence-electron chi connectivity index (χ1n) is 11.6. The molecule has 4 amide bonds. The molecule has 0 aliphatic carbocycles. The highest BCUT2D eigenvalue weighted by Gasteiger charge is 2.57. The molecular formula is C26H29FN4O3. The lowest BCUT2D eigenvalue weighted by molar-refractivity contribution is -0.135. The number of likely N-dealkylation sites (tertiary alicyclic amines) is 1. The normalized spacial score (nSPS) is 21.5. The van der Waals surface area contributed by atoms with E-state index in [9.17, 15) is 18.8 Å². The molecular weight excluding hydrogens is 435 g/mol. The van der Waals surface area contributed by atoms with E-state index < -0.39 is 11.6 Å². The fraction of sp³-hybridized carbons (Fsp3) is 0.385. The second kappa shape index (κ2) is 9.75. The van der Waals surface area contributed by atoms with Crippen molar-refractivity contribution >= 4 is 17.8 Å². The molecule has 0 unspecified atom stereocenters. The lowest BCUT2D eigenvalue weighted by atomic mass is 9.73. The van der Waals surface area contributed by atoms with Crippen molar-refractivity contribution in [2.75, 3.05) is 13.1 Å². The Morgan fingerprint density at radius 3 is 2.53 bits per heavy atom. The predicted octanol–water partition coefficient (Wildman–Crippen LogP) is 3.62. The second-order valence-electron chi connectivity index (χ2n) is 9.20. The summed E-state index contributed by atoms with van der Waals surface area (Å²) >= 11 is 0. The maximum absolute atomic E-state index is 13.9. The number of piperidine rings is 1. The van der Waals surface area contributed by atoms with Gasteiger partial charge >= 0.3 is 6.03 Å². The van der Waals surface area contributed by atoms with Crippen molar-refractivity contribution in [1.29, 1.82) is 0 Å². The SMILES string of the molecule is CC(C)/C=C/C(=O)N1CCC([C@]2(c3cccnc3)NC(=O)N(Cc3ccc(F)cc3)C2=O)CC1. The Morgan fingerprint density at radius 2 is 1.91 bits per heavy atom. The second-order valence-corrected chi connectivity index (χ2v) is 9.20. The van der Waals surface area contributed by atoms with E-state index in [1.165, 1.54) is 17.0 Å². The Balaban J connectivity index is 1.59. The molecule has 3 heterocycles. The number of aromatic nitrogens is 1. The summed E-state index contributed by atoms with van der Waals surface area (Å²) in [5.74, 6) is -0.685. The maximum atomic E-state index is 13.9. The average Bonchev–Trinajstić information content (AvgIpc) is 3.10. The van der Waals surface area contributed by atoms with E-state index in [0.29, 0.717) is 37.1 Å². The van der Waals surface area contributed by atoms with Gasteiger partial charge in [-0.05, 0) is 54.5 Å². The number of nitrogens with one attached hydrogen (secondary N) is 1. The largest absolute Gasteiger partial charge is 0.339 e. The van der Waals surface area contributed by atoms with Gasteiger partial charge in [0.25, 0.3) is 5.91 Å². The lowest BCUT2D eigenvalue weighted by Gasteiger charge is -2.40. The van der Waals surface area contributed by atoms with Crippen molar-refractivity contribution in [3.05, 3.63) is 77.9 Å². The number of amides is 4. The van der Waals surface area contributed by atoms with E-state index in [4.69, 9.17) is 0 Å². The minimum Gasteiger partial charge on any atom is -0.339 e. The highest BCUT2D eigenvalue weighted by atomic mass is 19.1. The molecule has 1 aromatic carbocycles. The van der Waals surface area contributed by atoms with Crippen LogP contribution < -0.4 is 5.32 Å². The molecule has 2 aromatic rings. The molecule has 2 aliphatic heterocycles. The van der Waals surface area contributed by atoms with E-state index >= 15 is 0 Å². The van der Waals surface area contributed by atoms with Crippen molar-refractivity contribution in [3.63, 3.8) is 0 Å². The summed E-state index contributed by atoms with van der Waals surface area (Å²) < 4.78 is 13.3. The highest BCUT2D eigenvalue weighted by molar-refractivity contribution is 6.07. The van der Waals surface area contributed by atoms with E-state index in [0.717, 1.165) is 0 Å². The van der Waals surface area contributed by atoms with Gasteiger partial charge in [0.15, 0.2) is 5.54 Å². The Morgan fingerprint density at radius 1 is 1.21 bits per heavy atom. The van der Waals surface area contributed by atoms with Gasteiger partial charge in [0, 0.05) is 31.0 Å². The third-order valence-corrected chi connectivity index (χ3v) is 6.55. The number of carbonyl (C=O) groups is 3. The number of nitrogens with zero attached hydrogens (tertiary/aromatic N) is 3. The number of carbonyl (C=O) groups excluding carboxylic acids is 3. The van der Waals surface area contributed by atoms with Crippen LogP contribution in [-0.4, -0.2) is 45.7 Å². The number of halogens is 1. The minimum atomic E-state index is -1.26. The number of urea groups is 1. The first kappa shape index (κ1) is 23.6. The molecule has 2 aliphatic rings. The summed E-state index contributed by atoms with van der Waals surface area (Å²) in [5, 5.41) is 2.97. The van der Waals surface area contributed by atoms with Crippen LogP contribution in [0.4, 0.5) is 9.18 Å². The number of imide groups is 1. The van der Waals surface area contributed by atoms with Crippen LogP contribution in [0.1, 0.15) is 37.8 Å². The number of hydrogen-bond donors (Lipinski definition) is 1. The summed E-state index contributed by atoms with van der Waals surface area (Å²) in [4.78, 5) is 46.6. The molecule has 7 nitrogen and oxygen atoms in total. The molecule has 34 heavy (non-hydrogen) atoms. The number of pyridine rings is 1. The van der Waals surface area contributed by atoms with Gasteiger partial charge in [-0.1, -0.05) is 38.1 Å². The third-order valence-electron chi connectivity index (χ3n) is 6.55. The molecule has 8 heteroatoms. The molecule has 0 saturated carbocycles. The van der Waals surface area contributed by atoms with Gasteiger partial charge in [-0.25, -0.2) is 9.18 Å². The Labute approximate surface area is 198 Å². The van der Waals surface area contributed by atoms with Gasteiger partial charge in [0.05, 0.1) is 6.54 Å². The summed E-state index contributed by atoms with van der Waals surface area (Å²) in [6.45, 7) is 5.06. The lowest BCUT2D eigenvalue weighted by Crippen LogP contribution is -2.54. The molecule has 4 rings (SSSR count). The van der Waals surface area contributed by atoms with Crippen LogP contribution in [0.25, 0.3) is 0 Å². The Bertz CT molecular complexity index is 1080. The molecule has 0 bridgehead atoms. The van der Waals surface area contributed by atoms with Crippen LogP contribution >= 0.6 is 0 Å². The molecule has 1 atom stereocenters. The van der Waals surface area contributed by atoms with E-state index in [2.05, 4.69) is 10.3 Å². The Kier molecular flexibility index (Phi) is 6.77. The molecule has 178 valence electrons. The van der Waals surface area contributed by atoms with Gasteiger partial charge in [0.2, 0.25) is 5.91 Å². The van der Waals surface area contributed by atoms with Crippen molar-refractivity contribution in [2.45, 2.75) is 38.8 Å². The zero-order valence-corrected chi connectivity index (χ0v) is 19.4. The Hall–Kier alpha value is -3.55. The van der Waals surface area contributed by atoms with Crippen molar-refractivity contribution < 1.29 is 18.8 Å². The zero-order valence-electron chi connectivity index (χ0n) is 19.4. The van der Waals surface area contributed by atoms with Crippen molar-refractivity contribution in [2.24, 2.45) is 11.8 Å². The molecule has 0 radical (unpaired) electrons. The molecule has 0 spiro atoms. The summed E-state index contributed by atoms with van der Waals surface area (Å²) in [7, 11) is 0. The van der Waals surface area contributed by atoms with Crippen LogP contribution in [0, 0.1) is 17.7 Å². The monoisotopic (exact) mass is 464 g/mol. The first-order chi connectivity index (χ1) is 16.3. The molecule has 2 fully saturated rings. The van der Waals surface area contributed by atoms with Gasteiger partial charge < -0.3 is 10.2 Å². The number of benzene rings is 1. The van der Waals surface area contributed by atoms with Gasteiger partial charge in [-0.15, -0.1) is 0 Å². The van der Waals surface area contributed by atoms with E-state index in [1.54, 1.807) is 47.6 Å². The molecule has 1 aromatic heterocycles. The number of allylic oxidation sites excluding steroid dienone is 1. The number of rotatable bonds is 6. The number of hydrogen-bond acceptors (Lipinski definition) is 4. The standard InChI is InChI=1S/C26H29FN4O3/c1-18(2)5-10-23(32)30-14-11-20(12-15-30)26(21-4-3-13-28-16-21)24(33)31(25(34)29-26)17-19-6-8-22(27)9-7-19/h3-10,13,16,18,20H,11-12,14-15,17H2,1-2H3,(H,29,34)/b10-5+/t26-/m1/s1. The molecule has 2 saturated heterocycles. The predicted molar refractivity (Wildman–Crippen MR) is 125 cm³/mol. The van der Waals surface area contributed by atoms with E-state index in [1.807, 2.05) is 19.9 Å². The van der Waals surface area contributed by atoms with Gasteiger partial charge in [-0.2, -0.15) is 0 Å². The van der Waals surface area contributed by atoms with Crippen LogP contribution in [0.15, 0.2) is 60.9 Å². The first-order valence-corrected chi connectivity index (χ1v) is 11.6. The van der Waals surface area contributed by atoms with Gasteiger partial charge in [0.1, 0.15) is 5.82 Å². The van der Waals surface area contributed by atoms with Crippen LogP contribution in [0.5, 0.6) is 0 Å². The van der Waals surface area contributed by atoms with Crippen LogP contribution in [0.3, 0.4) is 0 Å². The average molecular weight is 465 g/mol. The maximum Gasteiger partial charge on any atom is 0.325 e. The highest BCUT2D eigenvalue weighted by Crippen LogP contribution is 2.41. The van der Waals surface area contributed by atoms with Crippen molar-refractivity contribution in [1.82, 2.24) is 20.1 Å². The smallest absolute Gasteiger partial charge is 0.325 e. The third kappa shape index (κ3) is 4.58. The fourth-order valence-electron chi connectivity index (χ4n) is 4.73. The van der Waals surface area contributed by atoms with Gasteiger partial charge in [-0.3, -0.25) is 19.5 Å². The van der Waals surface area contributed by atoms with E-state index in [-0.39, 0.29) is 36.0 Å². The summed E-state index contributed by atoms with van der Waals surface area (Å²) in [6, 6.07) is 8.80. The van der Waals surface area contributed by atoms with Crippen LogP contribution in [0.2, 0.25) is 0 Å². The summed E-state index contributed by atoms with van der Waals surface area (Å²) in [6.07, 6.45) is 7.84. The van der Waals surface area contributed by atoms with Crippen molar-refractivity contribution in [3.8, 4) is 0 Å². The summed E-state index contributed by atoms with van der Waals surface area (Å²) in [5.41, 5.74) is 0.0255. The topological polar surface area (TPSA) is 82.6 Å². The molecule has 1 N–H and O–H groups in total. The fourth-order valence-corrected chi connectivity index (χ4v) is 4.73. The van der Waals surface area contributed by atoms with Crippen LogP contribution in [-0.2, 0) is 21.7 Å². The quantitative estimate of drug-likeness (QED) is 0.523. The minimum absolute atomic E-state index is 0.0395. The zero-order chi connectivity index (χ0) is 24.3.